The second-order valence-corrected chi connectivity index (χ2v) is 10.3. The predicted molar refractivity (Wildman–Crippen MR) is 119 cm³/mol. The second kappa shape index (κ2) is 10.9. The molecule has 0 spiro atoms. The minimum Gasteiger partial charge on any atom is -0.491 e. The molecule has 0 bridgehead atoms. The normalized spacial score (nSPS) is 23.8. The number of sulfonamides is 1. The van der Waals surface area contributed by atoms with Crippen molar-refractivity contribution in [3.8, 4) is 5.75 Å². The van der Waals surface area contributed by atoms with Crippen molar-refractivity contribution in [2.45, 2.75) is 38.6 Å². The molecule has 3 atom stereocenters. The van der Waals surface area contributed by atoms with Crippen LogP contribution in [0, 0.1) is 5.92 Å². The number of anilines is 1. The van der Waals surface area contributed by atoms with Crippen LogP contribution in [0.1, 0.15) is 30.6 Å². The number of halogens is 3. The number of alkyl halides is 3. The lowest BCUT2D eigenvalue weighted by Crippen LogP contribution is -2.47. The summed E-state index contributed by atoms with van der Waals surface area (Å²) in [6.45, 7) is 3.98. The molecule has 1 aromatic carbocycles. The maximum atomic E-state index is 13.1. The minimum atomic E-state index is -4.29. The Balaban J connectivity index is 2.42. The lowest BCUT2D eigenvalue weighted by molar-refractivity contribution is -0.140. The third-order valence-corrected chi connectivity index (χ3v) is 6.17. The van der Waals surface area contributed by atoms with Gasteiger partial charge in [0, 0.05) is 45.9 Å². The summed E-state index contributed by atoms with van der Waals surface area (Å²) in [6.07, 6.45) is -4.65. The summed E-state index contributed by atoms with van der Waals surface area (Å²) in [5.74, 6) is -0.348. The van der Waals surface area contributed by atoms with Crippen LogP contribution in [0.25, 0.3) is 0 Å². The highest BCUT2D eigenvalue weighted by Gasteiger charge is 2.32. The smallest absolute Gasteiger partial charge is 0.390 e. The molecule has 0 aromatic heterocycles. The van der Waals surface area contributed by atoms with Crippen LogP contribution >= 0.6 is 0 Å². The highest BCUT2D eigenvalue weighted by atomic mass is 32.2. The molecule has 33 heavy (non-hydrogen) atoms. The van der Waals surface area contributed by atoms with Gasteiger partial charge in [-0.05, 0) is 25.0 Å². The number of nitrogens with zero attached hydrogens (tertiary/aromatic N) is 2. The van der Waals surface area contributed by atoms with Crippen LogP contribution in [0.4, 0.5) is 18.9 Å². The molecule has 0 saturated carbocycles. The van der Waals surface area contributed by atoms with Gasteiger partial charge in [0.15, 0.2) is 0 Å². The van der Waals surface area contributed by atoms with Crippen molar-refractivity contribution < 1.29 is 35.9 Å². The van der Waals surface area contributed by atoms with Gasteiger partial charge in [-0.25, -0.2) is 8.42 Å². The van der Waals surface area contributed by atoms with Crippen LogP contribution in [0.2, 0.25) is 0 Å². The lowest BCUT2D eigenvalue weighted by Gasteiger charge is -2.36. The Kier molecular flexibility index (Phi) is 9.00. The van der Waals surface area contributed by atoms with Crippen LogP contribution < -0.4 is 9.46 Å². The van der Waals surface area contributed by atoms with Gasteiger partial charge >= 0.3 is 6.18 Å². The summed E-state index contributed by atoms with van der Waals surface area (Å²) in [4.78, 5) is 16.3. The van der Waals surface area contributed by atoms with Gasteiger partial charge in [0.1, 0.15) is 12.4 Å². The van der Waals surface area contributed by atoms with E-state index in [-0.39, 0.29) is 48.5 Å². The standard InChI is InChI=1S/C21H32F3N3O5S/c1-14-11-27(9-8-21(22,23)24)15(2)13-32-18-10-16(25-33(5,29)30)6-7-17(18)20(28)26(3)12-19(14)31-4/h6-7,10,14-15,19,25H,8-9,11-13H2,1-5H3/t14-,15+,19+/m0/s1. The van der Waals surface area contributed by atoms with Gasteiger partial charge in [-0.2, -0.15) is 13.2 Å². The predicted octanol–water partition coefficient (Wildman–Crippen LogP) is 2.82. The number of rotatable bonds is 5. The molecule has 0 fully saturated rings. The fraction of sp³-hybridized carbons (Fsp3) is 0.667. The van der Waals surface area contributed by atoms with Crippen molar-refractivity contribution in [1.29, 1.82) is 0 Å². The first-order chi connectivity index (χ1) is 15.2. The number of nitrogens with one attached hydrogen (secondary N) is 1. The Morgan fingerprint density at radius 3 is 2.48 bits per heavy atom. The van der Waals surface area contributed by atoms with Gasteiger partial charge in [-0.3, -0.25) is 14.4 Å². The number of fused-ring (bicyclic) bond motifs is 1. The molecule has 1 aliphatic rings. The number of hydrogen-bond donors (Lipinski definition) is 1. The van der Waals surface area contributed by atoms with Crippen LogP contribution in [0.15, 0.2) is 18.2 Å². The van der Waals surface area contributed by atoms with Crippen molar-refractivity contribution in [2.24, 2.45) is 5.92 Å². The molecule has 0 aliphatic carbocycles. The van der Waals surface area contributed by atoms with Gasteiger partial charge < -0.3 is 14.4 Å². The Labute approximate surface area is 193 Å². The topological polar surface area (TPSA) is 88.2 Å². The Bertz CT molecular complexity index is 926. The third-order valence-electron chi connectivity index (χ3n) is 5.56. The summed E-state index contributed by atoms with van der Waals surface area (Å²) in [5, 5.41) is 0. The first-order valence-electron chi connectivity index (χ1n) is 10.5. The zero-order valence-corrected chi connectivity index (χ0v) is 20.3. The minimum absolute atomic E-state index is 0.00848. The Morgan fingerprint density at radius 1 is 1.24 bits per heavy atom. The number of methoxy groups -OCH3 is 1. The van der Waals surface area contributed by atoms with E-state index in [1.54, 1.807) is 18.9 Å². The fourth-order valence-electron chi connectivity index (χ4n) is 3.71. The molecule has 12 heteroatoms. The van der Waals surface area contributed by atoms with Crippen molar-refractivity contribution in [2.75, 3.05) is 51.4 Å². The van der Waals surface area contributed by atoms with Crippen molar-refractivity contribution >= 4 is 21.6 Å². The number of likely N-dealkylation sites (N-methyl/N-ethyl adjacent to an activating group) is 1. The van der Waals surface area contributed by atoms with Crippen molar-refractivity contribution in [3.63, 3.8) is 0 Å². The highest BCUT2D eigenvalue weighted by Crippen LogP contribution is 2.28. The van der Waals surface area contributed by atoms with Crippen LogP contribution in [-0.4, -0.2) is 89.1 Å². The summed E-state index contributed by atoms with van der Waals surface area (Å²) >= 11 is 0. The van der Waals surface area contributed by atoms with Gasteiger partial charge in [0.2, 0.25) is 10.0 Å². The van der Waals surface area contributed by atoms with E-state index in [0.717, 1.165) is 6.26 Å². The Morgan fingerprint density at radius 2 is 1.91 bits per heavy atom. The van der Waals surface area contributed by atoms with E-state index in [1.165, 1.54) is 30.2 Å². The molecule has 1 amide bonds. The average Bonchev–Trinajstić information content (AvgIpc) is 2.69. The molecule has 1 aliphatic heterocycles. The van der Waals surface area contributed by atoms with Crippen LogP contribution in [-0.2, 0) is 14.8 Å². The number of carbonyl (C=O) groups excluding carboxylic acids is 1. The molecule has 1 N–H and O–H groups in total. The van der Waals surface area contributed by atoms with E-state index in [1.807, 2.05) is 6.92 Å². The number of ether oxygens (including phenoxy) is 2. The average molecular weight is 496 g/mol. The molecular weight excluding hydrogens is 463 g/mol. The molecule has 1 aromatic rings. The number of benzene rings is 1. The zero-order valence-electron chi connectivity index (χ0n) is 19.5. The molecule has 0 saturated heterocycles. The third kappa shape index (κ3) is 8.35. The zero-order chi connectivity index (χ0) is 25.0. The summed E-state index contributed by atoms with van der Waals surface area (Å²) < 4.78 is 75.7. The van der Waals surface area contributed by atoms with Crippen LogP contribution in [0.3, 0.4) is 0 Å². The van der Waals surface area contributed by atoms with E-state index in [9.17, 15) is 26.4 Å². The van der Waals surface area contributed by atoms with Crippen molar-refractivity contribution in [1.82, 2.24) is 9.80 Å². The van der Waals surface area contributed by atoms with Gasteiger partial charge in [0.25, 0.3) is 5.91 Å². The van der Waals surface area contributed by atoms with E-state index in [4.69, 9.17) is 9.47 Å². The maximum absolute atomic E-state index is 13.1. The first kappa shape index (κ1) is 27.2. The van der Waals surface area contributed by atoms with Crippen LogP contribution in [0.5, 0.6) is 5.75 Å². The number of carbonyl (C=O) groups is 1. The molecular formula is C21H32F3N3O5S. The summed E-state index contributed by atoms with van der Waals surface area (Å²) in [5.41, 5.74) is 0.428. The molecule has 2 rings (SSSR count). The van der Waals surface area contributed by atoms with Gasteiger partial charge in [0.05, 0.1) is 30.0 Å². The molecule has 8 nitrogen and oxygen atoms in total. The fourth-order valence-corrected chi connectivity index (χ4v) is 4.26. The maximum Gasteiger partial charge on any atom is 0.390 e. The highest BCUT2D eigenvalue weighted by molar-refractivity contribution is 7.92. The largest absolute Gasteiger partial charge is 0.491 e. The monoisotopic (exact) mass is 495 g/mol. The van der Waals surface area contributed by atoms with E-state index >= 15 is 0 Å². The van der Waals surface area contributed by atoms with E-state index < -0.39 is 34.8 Å². The molecule has 188 valence electrons. The number of hydrogen-bond acceptors (Lipinski definition) is 6. The summed E-state index contributed by atoms with van der Waals surface area (Å²) in [6, 6.07) is 3.91. The second-order valence-electron chi connectivity index (χ2n) is 8.54. The van der Waals surface area contributed by atoms with E-state index in [2.05, 4.69) is 4.72 Å². The van der Waals surface area contributed by atoms with Gasteiger partial charge in [-0.15, -0.1) is 0 Å². The molecule has 0 unspecified atom stereocenters. The van der Waals surface area contributed by atoms with Gasteiger partial charge in [-0.1, -0.05) is 6.92 Å². The quantitative estimate of drug-likeness (QED) is 0.676. The lowest BCUT2D eigenvalue weighted by atomic mass is 10.0. The summed E-state index contributed by atoms with van der Waals surface area (Å²) in [7, 11) is -0.448. The Hall–Kier alpha value is -2.05. The molecule has 1 heterocycles. The SMILES string of the molecule is CO[C@@H]1CN(C)C(=O)c2ccc(NS(C)(=O)=O)cc2OC[C@@H](C)N(CCC(F)(F)F)C[C@@H]1C. The number of amides is 1. The first-order valence-corrected chi connectivity index (χ1v) is 12.4. The van der Waals surface area contributed by atoms with E-state index in [0.29, 0.717) is 6.54 Å². The van der Waals surface area contributed by atoms with Crippen molar-refractivity contribution in [3.05, 3.63) is 23.8 Å². The molecule has 0 radical (unpaired) electrons.